The van der Waals surface area contributed by atoms with Gasteiger partial charge in [0.2, 0.25) is 10.0 Å². The summed E-state index contributed by atoms with van der Waals surface area (Å²) in [7, 11) is -4.25. The Morgan fingerprint density at radius 2 is 2.06 bits per heavy atom. The third-order valence-corrected chi connectivity index (χ3v) is 3.53. The van der Waals surface area contributed by atoms with Crippen LogP contribution in [0.1, 0.15) is 6.92 Å². The average Bonchev–Trinajstić information content (AvgIpc) is 2.22. The van der Waals surface area contributed by atoms with Crippen molar-refractivity contribution < 1.29 is 22.3 Å². The second-order valence-electron chi connectivity index (χ2n) is 3.52. The Morgan fingerprint density at radius 1 is 1.47 bits per heavy atom. The van der Waals surface area contributed by atoms with E-state index in [2.05, 4.69) is 0 Å². The van der Waals surface area contributed by atoms with E-state index in [1.165, 1.54) is 6.92 Å². The van der Waals surface area contributed by atoms with Gasteiger partial charge in [-0.2, -0.15) is 0 Å². The molecular formula is C9H12F2N2O3S. The van der Waals surface area contributed by atoms with Crippen molar-refractivity contribution in [2.75, 3.05) is 12.3 Å². The van der Waals surface area contributed by atoms with Crippen LogP contribution in [0.5, 0.6) is 0 Å². The van der Waals surface area contributed by atoms with E-state index >= 15 is 0 Å². The van der Waals surface area contributed by atoms with Crippen LogP contribution in [0.4, 0.5) is 14.5 Å². The van der Waals surface area contributed by atoms with Crippen molar-refractivity contribution in [3.05, 3.63) is 23.8 Å². The molecule has 96 valence electrons. The van der Waals surface area contributed by atoms with Gasteiger partial charge in [0.05, 0.1) is 6.61 Å². The van der Waals surface area contributed by atoms with Crippen LogP contribution in [-0.2, 0) is 10.0 Å². The van der Waals surface area contributed by atoms with Crippen LogP contribution in [0.2, 0.25) is 0 Å². The zero-order chi connectivity index (χ0) is 13.2. The van der Waals surface area contributed by atoms with E-state index in [-0.39, 0.29) is 5.69 Å². The number of benzene rings is 1. The van der Waals surface area contributed by atoms with Gasteiger partial charge < -0.3 is 10.8 Å². The molecule has 0 spiro atoms. The Bertz CT molecular complexity index is 519. The fourth-order valence-electron chi connectivity index (χ4n) is 1.14. The normalized spacial score (nSPS) is 13.6. The molecule has 0 heterocycles. The zero-order valence-corrected chi connectivity index (χ0v) is 9.76. The molecule has 0 amide bonds. The molecule has 4 N–H and O–H groups in total. The van der Waals surface area contributed by atoms with Crippen LogP contribution < -0.4 is 10.5 Å². The molecule has 0 unspecified atom stereocenters. The number of anilines is 1. The SMILES string of the molecule is C[C@H](CO)NS(=O)(=O)c1cc(N)cc(F)c1F. The highest BCUT2D eigenvalue weighted by Gasteiger charge is 2.24. The van der Waals surface area contributed by atoms with Gasteiger partial charge in [0, 0.05) is 11.7 Å². The predicted molar refractivity (Wildman–Crippen MR) is 57.6 cm³/mol. The molecule has 5 nitrogen and oxygen atoms in total. The predicted octanol–water partition coefficient (Wildman–Crippen LogP) is 0.206. The minimum absolute atomic E-state index is 0.207. The first-order valence-corrected chi connectivity index (χ1v) is 6.14. The average molecular weight is 266 g/mol. The molecule has 0 aliphatic carbocycles. The topological polar surface area (TPSA) is 92.4 Å². The summed E-state index contributed by atoms with van der Waals surface area (Å²) in [5.41, 5.74) is 5.03. The maximum absolute atomic E-state index is 13.3. The second-order valence-corrected chi connectivity index (χ2v) is 5.20. The molecule has 17 heavy (non-hydrogen) atoms. The molecule has 8 heteroatoms. The zero-order valence-electron chi connectivity index (χ0n) is 8.94. The molecule has 0 aliphatic rings. The van der Waals surface area contributed by atoms with Gasteiger partial charge in [-0.3, -0.25) is 0 Å². The van der Waals surface area contributed by atoms with Crippen LogP contribution >= 0.6 is 0 Å². The summed E-state index contributed by atoms with van der Waals surface area (Å²) in [4.78, 5) is -0.879. The summed E-state index contributed by atoms with van der Waals surface area (Å²) in [5.74, 6) is -2.85. The Labute approximate surface area is 97.3 Å². The summed E-state index contributed by atoms with van der Waals surface area (Å²) in [6.07, 6.45) is 0. The first kappa shape index (κ1) is 13.8. The van der Waals surface area contributed by atoms with Gasteiger partial charge in [-0.25, -0.2) is 21.9 Å². The third kappa shape index (κ3) is 3.11. The number of hydrogen-bond acceptors (Lipinski definition) is 4. The molecule has 1 aromatic rings. The number of sulfonamides is 1. The molecule has 0 saturated carbocycles. The van der Waals surface area contributed by atoms with Gasteiger partial charge in [0.1, 0.15) is 4.90 Å². The molecule has 1 aromatic carbocycles. The van der Waals surface area contributed by atoms with Gasteiger partial charge in [-0.05, 0) is 19.1 Å². The van der Waals surface area contributed by atoms with Crippen molar-refractivity contribution in [1.29, 1.82) is 0 Å². The molecule has 0 fully saturated rings. The maximum Gasteiger partial charge on any atom is 0.243 e. The number of aliphatic hydroxyl groups is 1. The number of nitrogens with one attached hydrogen (secondary N) is 1. The molecule has 1 atom stereocenters. The van der Waals surface area contributed by atoms with Gasteiger partial charge in [0.25, 0.3) is 0 Å². The van der Waals surface area contributed by atoms with Crippen LogP contribution in [0.25, 0.3) is 0 Å². The fourth-order valence-corrected chi connectivity index (χ4v) is 2.50. The van der Waals surface area contributed by atoms with Crippen LogP contribution in [-0.4, -0.2) is 26.2 Å². The first-order chi connectivity index (χ1) is 7.77. The number of hydrogen-bond donors (Lipinski definition) is 3. The Morgan fingerprint density at radius 3 is 2.59 bits per heavy atom. The molecule has 0 saturated heterocycles. The van der Waals surface area contributed by atoms with Crippen LogP contribution in [0, 0.1) is 11.6 Å². The van der Waals surface area contributed by atoms with Crippen molar-refractivity contribution >= 4 is 15.7 Å². The Hall–Kier alpha value is -1.25. The van der Waals surface area contributed by atoms with Gasteiger partial charge in [0.15, 0.2) is 11.6 Å². The van der Waals surface area contributed by atoms with Gasteiger partial charge in [-0.1, -0.05) is 0 Å². The largest absolute Gasteiger partial charge is 0.399 e. The van der Waals surface area contributed by atoms with Crippen molar-refractivity contribution in [2.45, 2.75) is 17.9 Å². The summed E-state index contributed by atoms with van der Waals surface area (Å²) >= 11 is 0. The Kier molecular flexibility index (Phi) is 4.02. The van der Waals surface area contributed by atoms with E-state index in [0.29, 0.717) is 6.07 Å². The van der Waals surface area contributed by atoms with Crippen LogP contribution in [0.3, 0.4) is 0 Å². The number of rotatable bonds is 4. The van der Waals surface area contributed by atoms with Crippen molar-refractivity contribution in [3.8, 4) is 0 Å². The lowest BCUT2D eigenvalue weighted by Gasteiger charge is -2.12. The third-order valence-electron chi connectivity index (χ3n) is 1.94. The lowest BCUT2D eigenvalue weighted by Crippen LogP contribution is -2.35. The summed E-state index contributed by atoms with van der Waals surface area (Å²) in [5, 5.41) is 8.70. The van der Waals surface area contributed by atoms with E-state index in [1.54, 1.807) is 0 Å². The van der Waals surface area contributed by atoms with Crippen molar-refractivity contribution in [1.82, 2.24) is 4.72 Å². The highest BCUT2D eigenvalue weighted by atomic mass is 32.2. The molecule has 0 aliphatic heterocycles. The number of nitrogen functional groups attached to an aromatic ring is 1. The molecule has 0 aromatic heterocycles. The summed E-state index contributed by atoms with van der Waals surface area (Å²) < 4.78 is 51.6. The first-order valence-electron chi connectivity index (χ1n) is 4.65. The summed E-state index contributed by atoms with van der Waals surface area (Å²) in [6.45, 7) is 0.907. The van der Waals surface area contributed by atoms with E-state index < -0.39 is 39.2 Å². The number of nitrogens with two attached hydrogens (primary N) is 1. The van der Waals surface area contributed by atoms with E-state index in [9.17, 15) is 17.2 Å². The van der Waals surface area contributed by atoms with Gasteiger partial charge >= 0.3 is 0 Å². The number of halogens is 2. The number of aliphatic hydroxyl groups excluding tert-OH is 1. The molecule has 1 rings (SSSR count). The highest BCUT2D eigenvalue weighted by Crippen LogP contribution is 2.21. The molecular weight excluding hydrogens is 254 g/mol. The van der Waals surface area contributed by atoms with E-state index in [1.807, 2.05) is 4.72 Å². The highest BCUT2D eigenvalue weighted by molar-refractivity contribution is 7.89. The summed E-state index contributed by atoms with van der Waals surface area (Å²) in [6, 6.07) is 0.679. The monoisotopic (exact) mass is 266 g/mol. The fraction of sp³-hybridized carbons (Fsp3) is 0.333. The maximum atomic E-state index is 13.3. The van der Waals surface area contributed by atoms with Crippen molar-refractivity contribution in [3.63, 3.8) is 0 Å². The van der Waals surface area contributed by atoms with Crippen LogP contribution in [0.15, 0.2) is 17.0 Å². The second kappa shape index (κ2) is 4.94. The molecule has 0 bridgehead atoms. The lowest BCUT2D eigenvalue weighted by atomic mass is 10.3. The smallest absolute Gasteiger partial charge is 0.243 e. The standard InChI is InChI=1S/C9H12F2N2O3S/c1-5(4-14)13-17(15,16)8-3-6(12)2-7(10)9(8)11/h2-3,5,13-14H,4,12H2,1H3/t5-/m1/s1. The van der Waals surface area contributed by atoms with Crippen molar-refractivity contribution in [2.24, 2.45) is 0 Å². The molecule has 0 radical (unpaired) electrons. The lowest BCUT2D eigenvalue weighted by molar-refractivity contribution is 0.265. The quantitative estimate of drug-likeness (QED) is 0.679. The Balaban J connectivity index is 3.24. The van der Waals surface area contributed by atoms with E-state index in [4.69, 9.17) is 10.8 Å². The minimum atomic E-state index is -4.25. The van der Waals surface area contributed by atoms with E-state index in [0.717, 1.165) is 6.07 Å². The minimum Gasteiger partial charge on any atom is -0.399 e. The van der Waals surface area contributed by atoms with Gasteiger partial charge in [-0.15, -0.1) is 0 Å².